The molecule has 234 valence electrons. The molecular weight excluding hydrogens is 592 g/mol. The van der Waals surface area contributed by atoms with Crippen molar-refractivity contribution < 1.29 is 14.4 Å². The zero-order valence-electron chi connectivity index (χ0n) is 25.1. The Morgan fingerprint density at radius 2 is 1.67 bits per heavy atom. The van der Waals surface area contributed by atoms with Crippen molar-refractivity contribution in [1.82, 2.24) is 30.1 Å². The number of fused-ring (bicyclic) bond motifs is 1. The van der Waals surface area contributed by atoms with Crippen molar-refractivity contribution in [3.05, 3.63) is 76.3 Å². The number of nitrogens with zero attached hydrogens (tertiary/aromatic N) is 6. The minimum Gasteiger partial charge on any atom is -0.370 e. The van der Waals surface area contributed by atoms with Crippen LogP contribution in [-0.2, 0) is 22.7 Å². The number of imide groups is 1. The Bertz CT molecular complexity index is 1570. The molecule has 3 aromatic rings. The van der Waals surface area contributed by atoms with E-state index in [0.717, 1.165) is 75.4 Å². The molecule has 3 fully saturated rings. The Balaban J connectivity index is 0.881. The van der Waals surface area contributed by atoms with Gasteiger partial charge in [0.05, 0.1) is 35.0 Å². The summed E-state index contributed by atoms with van der Waals surface area (Å²) in [5, 5.41) is 6.32. The maximum Gasteiger partial charge on any atom is 0.255 e. The number of hydrogen-bond donors (Lipinski definition) is 2. The van der Waals surface area contributed by atoms with Crippen LogP contribution < -0.4 is 15.5 Å². The van der Waals surface area contributed by atoms with E-state index in [0.29, 0.717) is 41.5 Å². The topological polar surface area (TPSA) is 124 Å². The smallest absolute Gasteiger partial charge is 0.255 e. The van der Waals surface area contributed by atoms with Gasteiger partial charge in [-0.2, -0.15) is 0 Å². The van der Waals surface area contributed by atoms with Gasteiger partial charge >= 0.3 is 0 Å². The third-order valence-electron chi connectivity index (χ3n) is 9.61. The molecule has 3 amide bonds. The van der Waals surface area contributed by atoms with Crippen LogP contribution >= 0.6 is 11.6 Å². The van der Waals surface area contributed by atoms with Crippen molar-refractivity contribution in [3.8, 4) is 0 Å². The van der Waals surface area contributed by atoms with Crippen molar-refractivity contribution in [2.75, 3.05) is 36.4 Å². The van der Waals surface area contributed by atoms with Crippen molar-refractivity contribution in [3.63, 3.8) is 0 Å². The van der Waals surface area contributed by atoms with Gasteiger partial charge in [-0.1, -0.05) is 23.7 Å². The van der Waals surface area contributed by atoms with Crippen LogP contribution in [0.15, 0.2) is 48.9 Å². The predicted molar refractivity (Wildman–Crippen MR) is 170 cm³/mol. The van der Waals surface area contributed by atoms with Gasteiger partial charge < -0.3 is 15.1 Å². The molecule has 1 unspecified atom stereocenters. The maximum absolute atomic E-state index is 13.1. The molecule has 7 rings (SSSR count). The maximum atomic E-state index is 13.1. The zero-order valence-corrected chi connectivity index (χ0v) is 25.9. The number of hydrogen-bond acceptors (Lipinski definition) is 9. The van der Waals surface area contributed by atoms with Crippen LogP contribution in [0.4, 0.5) is 11.6 Å². The van der Waals surface area contributed by atoms with Gasteiger partial charge in [0.1, 0.15) is 6.04 Å². The Morgan fingerprint density at radius 3 is 2.38 bits per heavy atom. The highest BCUT2D eigenvalue weighted by Gasteiger charge is 2.39. The second-order valence-corrected chi connectivity index (χ2v) is 12.9. The van der Waals surface area contributed by atoms with Crippen LogP contribution in [0, 0.1) is 0 Å². The Morgan fingerprint density at radius 1 is 0.889 bits per heavy atom. The number of pyridine rings is 1. The molecule has 3 saturated heterocycles. The summed E-state index contributed by atoms with van der Waals surface area (Å²) in [5.41, 5.74) is 5.14. The SMILES string of the molecule is O=C1CCC(N2Cc3cc(C4CCN(Cc5ccc(N6CCC(Nc7ncc(Cl)cn7)CC6)cn5)CC4)ccc3C2=O)C(=O)N1. The lowest BCUT2D eigenvalue weighted by Gasteiger charge is -2.34. The zero-order chi connectivity index (χ0) is 30.9. The fraction of sp³-hybridized carbons (Fsp3) is 0.455. The van der Waals surface area contributed by atoms with Crippen molar-refractivity contribution in [2.24, 2.45) is 0 Å². The summed E-state index contributed by atoms with van der Waals surface area (Å²) in [4.78, 5) is 56.8. The minimum absolute atomic E-state index is 0.120. The average molecular weight is 629 g/mol. The first-order chi connectivity index (χ1) is 21.9. The molecule has 11 nitrogen and oxygen atoms in total. The molecule has 45 heavy (non-hydrogen) atoms. The number of benzene rings is 1. The van der Waals surface area contributed by atoms with Crippen molar-refractivity contribution in [1.29, 1.82) is 0 Å². The number of rotatable bonds is 7. The number of carbonyl (C=O) groups excluding carboxylic acids is 3. The number of halogens is 1. The van der Waals surface area contributed by atoms with Gasteiger partial charge in [-0.25, -0.2) is 9.97 Å². The van der Waals surface area contributed by atoms with E-state index in [1.54, 1.807) is 17.3 Å². The average Bonchev–Trinajstić information content (AvgIpc) is 3.38. The summed E-state index contributed by atoms with van der Waals surface area (Å²) < 4.78 is 0. The first-order valence-corrected chi connectivity index (χ1v) is 16.2. The van der Waals surface area contributed by atoms with E-state index in [1.807, 2.05) is 12.3 Å². The van der Waals surface area contributed by atoms with Gasteiger partial charge in [-0.15, -0.1) is 0 Å². The van der Waals surface area contributed by atoms with Crippen LogP contribution in [0.2, 0.25) is 5.02 Å². The molecule has 0 spiro atoms. The van der Waals surface area contributed by atoms with Crippen LogP contribution in [0.25, 0.3) is 0 Å². The number of nitrogens with one attached hydrogen (secondary N) is 2. The van der Waals surface area contributed by atoms with Gasteiger partial charge in [-0.3, -0.25) is 29.6 Å². The molecule has 1 aromatic carbocycles. The molecule has 1 atom stereocenters. The molecule has 4 aliphatic rings. The van der Waals surface area contributed by atoms with E-state index in [9.17, 15) is 14.4 Å². The van der Waals surface area contributed by atoms with Crippen LogP contribution in [0.5, 0.6) is 0 Å². The van der Waals surface area contributed by atoms with E-state index in [2.05, 4.69) is 54.7 Å². The highest BCUT2D eigenvalue weighted by Crippen LogP contribution is 2.34. The number of anilines is 2. The fourth-order valence-corrected chi connectivity index (χ4v) is 7.15. The molecule has 4 aliphatic heterocycles. The van der Waals surface area contributed by atoms with Crippen LogP contribution in [-0.4, -0.2) is 80.7 Å². The molecule has 2 aromatic heterocycles. The van der Waals surface area contributed by atoms with E-state index < -0.39 is 6.04 Å². The number of carbonyl (C=O) groups is 3. The quantitative estimate of drug-likeness (QED) is 0.377. The lowest BCUT2D eigenvalue weighted by Crippen LogP contribution is -2.52. The standard InChI is InChI=1S/C33H37ClN8O3/c34-24-16-36-33(37-17-24)38-25-9-13-41(14-10-25)27-3-2-26(35-18-27)20-40-11-7-21(8-12-40)22-1-4-28-23(15-22)19-42(32(28)45)29-5-6-30(43)39-31(29)44/h1-4,15-18,21,25,29H,5-14,19-20H2,(H,36,37,38)(H,39,43,44). The molecule has 0 aliphatic carbocycles. The van der Waals surface area contributed by atoms with Crippen LogP contribution in [0.3, 0.4) is 0 Å². The summed E-state index contributed by atoms with van der Waals surface area (Å²) in [6.07, 6.45) is 9.97. The van der Waals surface area contributed by atoms with Crippen molar-refractivity contribution >= 4 is 41.0 Å². The monoisotopic (exact) mass is 628 g/mol. The summed E-state index contributed by atoms with van der Waals surface area (Å²) in [6.45, 7) is 5.13. The van der Waals surface area contributed by atoms with Gasteiger partial charge in [0.15, 0.2) is 0 Å². The first-order valence-electron chi connectivity index (χ1n) is 15.8. The summed E-state index contributed by atoms with van der Waals surface area (Å²) in [7, 11) is 0. The van der Waals surface area contributed by atoms with E-state index in [1.165, 1.54) is 5.56 Å². The van der Waals surface area contributed by atoms with E-state index >= 15 is 0 Å². The lowest BCUT2D eigenvalue weighted by molar-refractivity contribution is -0.136. The molecule has 0 saturated carbocycles. The lowest BCUT2D eigenvalue weighted by atomic mass is 9.88. The molecule has 2 N–H and O–H groups in total. The molecule has 0 radical (unpaired) electrons. The third-order valence-corrected chi connectivity index (χ3v) is 9.81. The second kappa shape index (κ2) is 12.7. The van der Waals surface area contributed by atoms with Gasteiger partial charge in [0, 0.05) is 44.2 Å². The number of likely N-dealkylation sites (tertiary alicyclic amines) is 1. The predicted octanol–water partition coefficient (Wildman–Crippen LogP) is 3.75. The van der Waals surface area contributed by atoms with Gasteiger partial charge in [0.2, 0.25) is 17.8 Å². The second-order valence-electron chi connectivity index (χ2n) is 12.5. The highest BCUT2D eigenvalue weighted by atomic mass is 35.5. The largest absolute Gasteiger partial charge is 0.370 e. The van der Waals surface area contributed by atoms with E-state index in [-0.39, 0.29) is 24.1 Å². The third kappa shape index (κ3) is 6.50. The molecular formula is C33H37ClN8O3. The number of aromatic nitrogens is 3. The highest BCUT2D eigenvalue weighted by molar-refractivity contribution is 6.30. The number of piperidine rings is 3. The molecule has 6 heterocycles. The Labute approximate surface area is 267 Å². The van der Waals surface area contributed by atoms with Crippen LogP contribution in [0.1, 0.15) is 71.6 Å². The summed E-state index contributed by atoms with van der Waals surface area (Å²) in [5.74, 6) is 0.294. The van der Waals surface area contributed by atoms with E-state index in [4.69, 9.17) is 16.6 Å². The van der Waals surface area contributed by atoms with Gasteiger partial charge in [0.25, 0.3) is 5.91 Å². The summed E-state index contributed by atoms with van der Waals surface area (Å²) in [6, 6.07) is 10.3. The number of amides is 3. The molecule has 0 bridgehead atoms. The summed E-state index contributed by atoms with van der Waals surface area (Å²) >= 11 is 5.89. The van der Waals surface area contributed by atoms with Crippen molar-refractivity contribution in [2.45, 2.75) is 69.6 Å². The van der Waals surface area contributed by atoms with Gasteiger partial charge in [-0.05, 0) is 80.4 Å². The Kier molecular flexibility index (Phi) is 8.37. The first kappa shape index (κ1) is 29.6. The minimum atomic E-state index is -0.581. The normalized spacial score (nSPS) is 21.6. The Hall–Kier alpha value is -4.09. The molecule has 12 heteroatoms. The fourth-order valence-electron chi connectivity index (χ4n) is 7.05.